The highest BCUT2D eigenvalue weighted by Gasteiger charge is 2.35. The molecular formula is C27H21NO. The molecule has 3 aromatic carbocycles. The first-order chi connectivity index (χ1) is 14.1. The molecule has 2 nitrogen and oxygen atoms in total. The van der Waals surface area contributed by atoms with E-state index in [2.05, 4.69) is 61.3 Å². The number of fused-ring (bicyclic) bond motifs is 3. The Bertz CT molecular complexity index is 1220. The zero-order valence-corrected chi connectivity index (χ0v) is 16.5. The standard InChI is InChI=1S/C27H21NO/c1-27(2)23-11-7-6-10-21(23)22-14-12-19(16-24(22)27)25-15-13-20(17-28-25)26(29)18-8-4-3-5-9-18/h3-17H,1-2H3. The number of carbonyl (C=O) groups is 1. The van der Waals surface area contributed by atoms with Gasteiger partial charge < -0.3 is 0 Å². The van der Waals surface area contributed by atoms with Crippen LogP contribution in [0.2, 0.25) is 0 Å². The van der Waals surface area contributed by atoms with Crippen LogP contribution >= 0.6 is 0 Å². The molecule has 29 heavy (non-hydrogen) atoms. The third-order valence-electron chi connectivity index (χ3n) is 5.94. The summed E-state index contributed by atoms with van der Waals surface area (Å²) in [6.45, 7) is 4.55. The van der Waals surface area contributed by atoms with E-state index in [0.29, 0.717) is 11.1 Å². The lowest BCUT2D eigenvalue weighted by Gasteiger charge is -2.21. The zero-order valence-electron chi connectivity index (χ0n) is 16.5. The lowest BCUT2D eigenvalue weighted by atomic mass is 9.82. The minimum Gasteiger partial charge on any atom is -0.289 e. The van der Waals surface area contributed by atoms with Crippen LogP contribution in [-0.4, -0.2) is 10.8 Å². The summed E-state index contributed by atoms with van der Waals surface area (Å²) in [5.41, 5.74) is 8.50. The molecule has 4 aromatic rings. The van der Waals surface area contributed by atoms with Gasteiger partial charge in [-0.3, -0.25) is 9.78 Å². The van der Waals surface area contributed by atoms with Crippen molar-refractivity contribution in [1.29, 1.82) is 0 Å². The lowest BCUT2D eigenvalue weighted by Crippen LogP contribution is -2.14. The van der Waals surface area contributed by atoms with Gasteiger partial charge in [-0.1, -0.05) is 80.6 Å². The highest BCUT2D eigenvalue weighted by Crippen LogP contribution is 2.49. The van der Waals surface area contributed by atoms with E-state index < -0.39 is 0 Å². The highest BCUT2D eigenvalue weighted by atomic mass is 16.1. The molecule has 1 aliphatic carbocycles. The first-order valence-corrected chi connectivity index (χ1v) is 9.86. The number of nitrogens with zero attached hydrogens (tertiary/aromatic N) is 1. The molecule has 0 unspecified atom stereocenters. The molecule has 0 aliphatic heterocycles. The molecule has 1 aliphatic rings. The number of rotatable bonds is 3. The van der Waals surface area contributed by atoms with Crippen LogP contribution in [0.25, 0.3) is 22.4 Å². The first kappa shape index (κ1) is 17.6. The summed E-state index contributed by atoms with van der Waals surface area (Å²) in [4.78, 5) is 17.2. The number of pyridine rings is 1. The molecule has 140 valence electrons. The largest absolute Gasteiger partial charge is 0.289 e. The van der Waals surface area contributed by atoms with E-state index in [-0.39, 0.29) is 11.2 Å². The first-order valence-electron chi connectivity index (χ1n) is 9.86. The molecule has 1 heterocycles. The number of hydrogen-bond acceptors (Lipinski definition) is 2. The molecule has 0 N–H and O–H groups in total. The fraction of sp³-hybridized carbons (Fsp3) is 0.111. The second-order valence-electron chi connectivity index (χ2n) is 8.06. The molecule has 0 amide bonds. The topological polar surface area (TPSA) is 30.0 Å². The monoisotopic (exact) mass is 375 g/mol. The average molecular weight is 375 g/mol. The van der Waals surface area contributed by atoms with Gasteiger partial charge in [-0.2, -0.15) is 0 Å². The number of ketones is 1. The zero-order chi connectivity index (χ0) is 20.0. The Kier molecular flexibility index (Phi) is 3.95. The van der Waals surface area contributed by atoms with Crippen molar-refractivity contribution >= 4 is 5.78 Å². The third kappa shape index (κ3) is 2.80. The van der Waals surface area contributed by atoms with E-state index in [1.807, 2.05) is 42.5 Å². The molecule has 1 aromatic heterocycles. The molecular weight excluding hydrogens is 354 g/mol. The van der Waals surface area contributed by atoms with Crippen molar-refractivity contribution < 1.29 is 4.79 Å². The Labute approximate surface area is 170 Å². The van der Waals surface area contributed by atoms with Crippen molar-refractivity contribution in [3.63, 3.8) is 0 Å². The van der Waals surface area contributed by atoms with E-state index in [1.165, 1.54) is 22.3 Å². The van der Waals surface area contributed by atoms with Crippen molar-refractivity contribution in [2.75, 3.05) is 0 Å². The Balaban J connectivity index is 1.51. The van der Waals surface area contributed by atoms with E-state index >= 15 is 0 Å². The Morgan fingerprint density at radius 3 is 2.21 bits per heavy atom. The van der Waals surface area contributed by atoms with Crippen LogP contribution in [0.1, 0.15) is 40.9 Å². The van der Waals surface area contributed by atoms with Crippen LogP contribution in [-0.2, 0) is 5.41 Å². The van der Waals surface area contributed by atoms with Gasteiger partial charge in [0.15, 0.2) is 5.78 Å². The minimum atomic E-state index is -0.0366. The SMILES string of the molecule is CC1(C)c2ccccc2-c2ccc(-c3ccc(C(=O)c4ccccc4)cn3)cc21. The van der Waals surface area contributed by atoms with Gasteiger partial charge >= 0.3 is 0 Å². The molecule has 0 fully saturated rings. The van der Waals surface area contributed by atoms with Crippen LogP contribution in [0.5, 0.6) is 0 Å². The summed E-state index contributed by atoms with van der Waals surface area (Å²) in [7, 11) is 0. The summed E-state index contributed by atoms with van der Waals surface area (Å²) < 4.78 is 0. The Morgan fingerprint density at radius 2 is 1.45 bits per heavy atom. The maximum atomic E-state index is 12.6. The van der Waals surface area contributed by atoms with Crippen LogP contribution < -0.4 is 0 Å². The molecule has 0 radical (unpaired) electrons. The summed E-state index contributed by atoms with van der Waals surface area (Å²) in [5.74, 6) is -0.00446. The van der Waals surface area contributed by atoms with Crippen LogP contribution in [0.15, 0.2) is 91.1 Å². The second kappa shape index (κ2) is 6.52. The summed E-state index contributed by atoms with van der Waals surface area (Å²) in [6.07, 6.45) is 1.68. The van der Waals surface area contributed by atoms with E-state index in [1.54, 1.807) is 6.20 Å². The molecule has 2 heteroatoms. The van der Waals surface area contributed by atoms with E-state index in [4.69, 9.17) is 0 Å². The van der Waals surface area contributed by atoms with Crippen molar-refractivity contribution in [2.45, 2.75) is 19.3 Å². The summed E-state index contributed by atoms with van der Waals surface area (Å²) in [6, 6.07) is 28.3. The van der Waals surface area contributed by atoms with Gasteiger partial charge in [-0.05, 0) is 40.5 Å². The number of carbonyl (C=O) groups excluding carboxylic acids is 1. The van der Waals surface area contributed by atoms with Gasteiger partial charge in [-0.15, -0.1) is 0 Å². The normalized spacial score (nSPS) is 13.6. The quantitative estimate of drug-likeness (QED) is 0.394. The van der Waals surface area contributed by atoms with Crippen LogP contribution in [0.3, 0.4) is 0 Å². The predicted octanol–water partition coefficient (Wildman–Crippen LogP) is 6.29. The van der Waals surface area contributed by atoms with Crippen molar-refractivity contribution in [3.8, 4) is 22.4 Å². The van der Waals surface area contributed by atoms with Crippen LogP contribution in [0.4, 0.5) is 0 Å². The smallest absolute Gasteiger partial charge is 0.194 e. The fourth-order valence-electron chi connectivity index (χ4n) is 4.32. The molecule has 0 atom stereocenters. The van der Waals surface area contributed by atoms with Gasteiger partial charge in [0.2, 0.25) is 0 Å². The van der Waals surface area contributed by atoms with Gasteiger partial charge in [0.05, 0.1) is 5.69 Å². The highest BCUT2D eigenvalue weighted by molar-refractivity contribution is 6.08. The molecule has 0 bridgehead atoms. The summed E-state index contributed by atoms with van der Waals surface area (Å²) in [5, 5.41) is 0. The van der Waals surface area contributed by atoms with Crippen molar-refractivity contribution in [2.24, 2.45) is 0 Å². The maximum Gasteiger partial charge on any atom is 0.194 e. The Hall–Kier alpha value is -3.52. The summed E-state index contributed by atoms with van der Waals surface area (Å²) >= 11 is 0. The predicted molar refractivity (Wildman–Crippen MR) is 117 cm³/mol. The minimum absolute atomic E-state index is 0.00446. The van der Waals surface area contributed by atoms with Gasteiger partial charge in [0.1, 0.15) is 0 Å². The van der Waals surface area contributed by atoms with Gasteiger partial charge in [-0.25, -0.2) is 0 Å². The average Bonchev–Trinajstić information content (AvgIpc) is 3.01. The van der Waals surface area contributed by atoms with Gasteiger partial charge in [0, 0.05) is 28.3 Å². The van der Waals surface area contributed by atoms with E-state index in [9.17, 15) is 4.79 Å². The fourth-order valence-corrected chi connectivity index (χ4v) is 4.32. The molecule has 0 spiro atoms. The third-order valence-corrected chi connectivity index (χ3v) is 5.94. The molecule has 0 saturated heterocycles. The van der Waals surface area contributed by atoms with Gasteiger partial charge in [0.25, 0.3) is 0 Å². The molecule has 5 rings (SSSR count). The number of aromatic nitrogens is 1. The number of hydrogen-bond donors (Lipinski definition) is 0. The van der Waals surface area contributed by atoms with Crippen molar-refractivity contribution in [3.05, 3.63) is 113 Å². The second-order valence-corrected chi connectivity index (χ2v) is 8.06. The van der Waals surface area contributed by atoms with Crippen molar-refractivity contribution in [1.82, 2.24) is 4.98 Å². The molecule has 0 saturated carbocycles. The lowest BCUT2D eigenvalue weighted by molar-refractivity contribution is 0.103. The Morgan fingerprint density at radius 1 is 0.724 bits per heavy atom. The number of benzene rings is 3. The maximum absolute atomic E-state index is 12.6. The van der Waals surface area contributed by atoms with Crippen LogP contribution in [0, 0.1) is 0 Å². The van der Waals surface area contributed by atoms with E-state index in [0.717, 1.165) is 11.3 Å².